The molecule has 6 rings (SSSR count). The maximum absolute atomic E-state index is 15.1. The number of carbonyl (C=O) groups is 2. The van der Waals surface area contributed by atoms with Crippen molar-refractivity contribution in [3.63, 3.8) is 0 Å². The van der Waals surface area contributed by atoms with Gasteiger partial charge in [-0.2, -0.15) is 0 Å². The largest absolute Gasteiger partial charge is 0.459 e. The first-order valence-electron chi connectivity index (χ1n) is 25.9. The van der Waals surface area contributed by atoms with Gasteiger partial charge in [0, 0.05) is 49.8 Å². The summed E-state index contributed by atoms with van der Waals surface area (Å²) < 4.78 is 31.9. The fourth-order valence-electron chi connectivity index (χ4n) is 10.7. The van der Waals surface area contributed by atoms with Gasteiger partial charge in [0.15, 0.2) is 11.5 Å². The number of oxime groups is 1. The van der Waals surface area contributed by atoms with Gasteiger partial charge in [-0.25, -0.2) is 4.79 Å². The monoisotopic (exact) mass is 944 g/mol. The average Bonchev–Trinajstić information content (AvgIpc) is 3.80. The molecular formula is C55H81N3O10. The van der Waals surface area contributed by atoms with Gasteiger partial charge in [0.1, 0.15) is 23.1 Å². The van der Waals surface area contributed by atoms with Gasteiger partial charge in [0.2, 0.25) is 12.6 Å². The molecular weight excluding hydrogens is 863 g/mol. The minimum atomic E-state index is -1.43. The van der Waals surface area contributed by atoms with Crippen LogP contribution in [0.15, 0.2) is 65.9 Å². The van der Waals surface area contributed by atoms with E-state index in [0.29, 0.717) is 66.6 Å². The molecule has 2 aromatic rings. The zero-order chi connectivity index (χ0) is 48.5. The van der Waals surface area contributed by atoms with Crippen molar-refractivity contribution in [3.8, 4) is 23.0 Å². The van der Waals surface area contributed by atoms with Crippen LogP contribution in [-0.2, 0) is 9.57 Å². The number of nitrogens with one attached hydrogen (secondary N) is 1. The third kappa shape index (κ3) is 13.4. The van der Waals surface area contributed by atoms with E-state index >= 15 is 4.79 Å². The van der Waals surface area contributed by atoms with E-state index in [0.717, 1.165) is 56.1 Å². The van der Waals surface area contributed by atoms with Gasteiger partial charge >= 0.3 is 6.09 Å². The van der Waals surface area contributed by atoms with E-state index in [1.807, 2.05) is 44.7 Å². The highest BCUT2D eigenvalue weighted by atomic mass is 16.7. The molecule has 2 aliphatic carbocycles. The summed E-state index contributed by atoms with van der Waals surface area (Å²) >= 11 is 0. The molecule has 2 heterocycles. The lowest BCUT2D eigenvalue weighted by Gasteiger charge is -2.60. The van der Waals surface area contributed by atoms with Gasteiger partial charge in [-0.15, -0.1) is 6.58 Å². The van der Waals surface area contributed by atoms with Gasteiger partial charge < -0.3 is 49.0 Å². The lowest BCUT2D eigenvalue weighted by atomic mass is 9.55. The Morgan fingerprint density at radius 2 is 1.56 bits per heavy atom. The van der Waals surface area contributed by atoms with Crippen molar-refractivity contribution >= 4 is 17.7 Å². The number of aliphatic hydroxyl groups excluding tert-OH is 2. The number of rotatable bonds is 28. The molecule has 0 spiro atoms. The molecule has 0 unspecified atom stereocenters. The van der Waals surface area contributed by atoms with E-state index in [4.69, 9.17) is 33.7 Å². The van der Waals surface area contributed by atoms with E-state index in [1.54, 1.807) is 30.3 Å². The summed E-state index contributed by atoms with van der Waals surface area (Å²) in [6.07, 6.45) is 21.1. The first kappa shape index (κ1) is 52.8. The first-order chi connectivity index (χ1) is 33.0. The van der Waals surface area contributed by atoms with Crippen LogP contribution in [0.3, 0.4) is 0 Å². The minimum absolute atomic E-state index is 0.0106. The average molecular weight is 944 g/mol. The Hall–Kier alpha value is -4.59. The van der Waals surface area contributed by atoms with E-state index in [1.165, 1.54) is 44.9 Å². The molecule has 2 aromatic carbocycles. The highest BCUT2D eigenvalue weighted by molar-refractivity contribution is 6.03. The Labute approximate surface area is 406 Å². The van der Waals surface area contributed by atoms with Crippen LogP contribution in [0, 0.1) is 17.8 Å². The van der Waals surface area contributed by atoms with Crippen LogP contribution in [0.4, 0.5) is 4.79 Å². The van der Waals surface area contributed by atoms with Crippen molar-refractivity contribution in [1.82, 2.24) is 10.2 Å². The van der Waals surface area contributed by atoms with Crippen LogP contribution in [0.2, 0.25) is 0 Å². The summed E-state index contributed by atoms with van der Waals surface area (Å²) in [5, 5.41) is 27.9. The normalized spacial score (nSPS) is 23.0. The highest BCUT2D eigenvalue weighted by Crippen LogP contribution is 2.62. The second-order valence-corrected chi connectivity index (χ2v) is 20.0. The molecule has 4 aliphatic rings. The zero-order valence-corrected chi connectivity index (χ0v) is 41.7. The van der Waals surface area contributed by atoms with Crippen molar-refractivity contribution in [2.75, 3.05) is 39.7 Å². The standard InChI is InChI=1S/C55H81N3O10/c1-7-10-11-12-13-14-15-16-17-20-29-56-53(62)66-41-26-28-46-44(36-41)50-42(24-19-22-32-60)39(23-18-21-31-59)34-43-45(57-68-54(4,5)6)37-49(55(67-46,51(43)50)65-33-9-3)58(30-8-2)52(61)40-25-27-47-48(35-40)64-38-63-47/h9,25-28,34-36,39,42,49-51,59-60H,3,7-8,10-24,29-33,37-38H2,1-2,4-6H3,(H,56,62)/t39-,42+,49-,50+,51+,55+/m0/s1. The van der Waals surface area contributed by atoms with Crippen LogP contribution in [0.25, 0.3) is 0 Å². The number of unbranched alkanes of at least 4 members (excludes halogenated alkanes) is 11. The maximum atomic E-state index is 15.1. The Morgan fingerprint density at radius 3 is 2.25 bits per heavy atom. The number of nitrogens with zero attached hydrogens (tertiary/aromatic N) is 2. The molecule has 3 N–H and O–H groups in total. The third-order valence-electron chi connectivity index (χ3n) is 13.8. The predicted molar refractivity (Wildman–Crippen MR) is 266 cm³/mol. The molecule has 376 valence electrons. The number of benzene rings is 2. The summed E-state index contributed by atoms with van der Waals surface area (Å²) in [7, 11) is 0. The molecule has 2 aliphatic heterocycles. The van der Waals surface area contributed by atoms with Gasteiger partial charge in [0.05, 0.1) is 18.2 Å². The molecule has 1 saturated carbocycles. The Kier molecular flexibility index (Phi) is 20.1. The van der Waals surface area contributed by atoms with E-state index in [9.17, 15) is 15.0 Å². The molecule has 0 bridgehead atoms. The molecule has 1 fully saturated rings. The quantitative estimate of drug-likeness (QED) is 0.0426. The second-order valence-electron chi connectivity index (χ2n) is 20.0. The number of hydrogen-bond donors (Lipinski definition) is 3. The van der Waals surface area contributed by atoms with Gasteiger partial charge in [0.25, 0.3) is 5.91 Å². The number of allylic oxidation sites excluding steroid dienone is 1. The van der Waals surface area contributed by atoms with Gasteiger partial charge in [-0.05, 0) is 113 Å². The molecule has 13 nitrogen and oxygen atoms in total. The predicted octanol–water partition coefficient (Wildman–Crippen LogP) is 11.4. The third-order valence-corrected chi connectivity index (χ3v) is 13.8. The highest BCUT2D eigenvalue weighted by Gasteiger charge is 2.65. The van der Waals surface area contributed by atoms with Crippen molar-refractivity contribution < 1.29 is 48.3 Å². The van der Waals surface area contributed by atoms with Crippen molar-refractivity contribution in [2.45, 2.75) is 174 Å². The van der Waals surface area contributed by atoms with Crippen LogP contribution < -0.4 is 24.3 Å². The molecule has 0 saturated heterocycles. The zero-order valence-electron chi connectivity index (χ0n) is 41.7. The molecule has 13 heteroatoms. The molecule has 0 aromatic heterocycles. The number of carbonyl (C=O) groups excluding carboxylic acids is 2. The molecule has 2 amide bonds. The SMILES string of the molecule is C=CCO[C@@]12Oc3ccc(OC(=O)NCCCCCCCCCCCC)cc3[C@H]3[C@H](CCCCO)[C@@H](CCCCO)C=C(C(=NOC(C)(C)C)C[C@@H]1N(CCC)C(=O)c1ccc4c(c1)OCO4)[C@H]32. The smallest absolute Gasteiger partial charge is 0.412 e. The summed E-state index contributed by atoms with van der Waals surface area (Å²) in [5.74, 6) is -0.280. The second kappa shape index (κ2) is 25.9. The van der Waals surface area contributed by atoms with Crippen LogP contribution in [0.1, 0.15) is 172 Å². The van der Waals surface area contributed by atoms with E-state index in [-0.39, 0.29) is 56.7 Å². The Morgan fingerprint density at radius 1 is 0.868 bits per heavy atom. The molecule has 0 radical (unpaired) electrons. The van der Waals surface area contributed by atoms with E-state index in [2.05, 4.69) is 24.9 Å². The summed E-state index contributed by atoms with van der Waals surface area (Å²) in [4.78, 5) is 36.7. The van der Waals surface area contributed by atoms with E-state index < -0.39 is 29.4 Å². The fourth-order valence-corrected chi connectivity index (χ4v) is 10.7. The van der Waals surface area contributed by atoms with Crippen LogP contribution in [0.5, 0.6) is 23.0 Å². The lowest BCUT2D eigenvalue weighted by Crippen LogP contribution is -2.70. The van der Waals surface area contributed by atoms with Crippen molar-refractivity contribution in [1.29, 1.82) is 0 Å². The number of aliphatic hydroxyl groups is 2. The Bertz CT molecular complexity index is 2010. The summed E-state index contributed by atoms with van der Waals surface area (Å²) in [5.41, 5.74) is 2.36. The molecule has 68 heavy (non-hydrogen) atoms. The Balaban J connectivity index is 1.40. The van der Waals surface area contributed by atoms with Gasteiger partial charge in [-0.1, -0.05) is 102 Å². The topological polar surface area (TPSA) is 158 Å². The number of fused-ring (bicyclic) bond motifs is 3. The number of hydrogen-bond acceptors (Lipinski definition) is 11. The summed E-state index contributed by atoms with van der Waals surface area (Å²) in [6.45, 7) is 15.6. The van der Waals surface area contributed by atoms with Crippen molar-refractivity contribution in [3.05, 3.63) is 71.8 Å². The van der Waals surface area contributed by atoms with Crippen LogP contribution in [-0.4, -0.2) is 90.0 Å². The van der Waals surface area contributed by atoms with Gasteiger partial charge in [-0.3, -0.25) is 4.79 Å². The summed E-state index contributed by atoms with van der Waals surface area (Å²) in [6, 6.07) is 10.2. The minimum Gasteiger partial charge on any atom is -0.459 e. The fraction of sp³-hybridized carbons (Fsp3) is 0.655. The molecule has 6 atom stereocenters. The number of amides is 2. The lowest BCUT2D eigenvalue weighted by molar-refractivity contribution is -0.254. The maximum Gasteiger partial charge on any atom is 0.412 e. The first-order valence-corrected chi connectivity index (χ1v) is 25.9. The number of ether oxygens (including phenoxy) is 5. The van der Waals surface area contributed by atoms with Crippen molar-refractivity contribution in [2.24, 2.45) is 22.9 Å². The van der Waals surface area contributed by atoms with Crippen LogP contribution >= 0.6 is 0 Å².